The number of nitrogens with zero attached hydrogens (tertiary/aromatic N) is 1. The first-order chi connectivity index (χ1) is 12.0. The summed E-state index contributed by atoms with van der Waals surface area (Å²) < 4.78 is 6.17. The second-order valence-electron chi connectivity index (χ2n) is 7.81. The number of hydrogen-bond donors (Lipinski definition) is 1. The fourth-order valence-corrected chi connectivity index (χ4v) is 3.70. The highest BCUT2D eigenvalue weighted by Gasteiger charge is 2.42. The van der Waals surface area contributed by atoms with E-state index in [0.29, 0.717) is 6.61 Å². The Morgan fingerprint density at radius 2 is 2.00 bits per heavy atom. The van der Waals surface area contributed by atoms with Crippen molar-refractivity contribution in [1.29, 1.82) is 0 Å². The van der Waals surface area contributed by atoms with E-state index in [-0.39, 0.29) is 23.6 Å². The summed E-state index contributed by atoms with van der Waals surface area (Å²) in [6, 6.07) is 14.6. The summed E-state index contributed by atoms with van der Waals surface area (Å²) in [4.78, 5) is 14.6. The number of hydrogen-bond acceptors (Lipinski definition) is 3. The zero-order chi connectivity index (χ0) is 17.4. The van der Waals surface area contributed by atoms with Gasteiger partial charge in [-0.25, -0.2) is 0 Å². The smallest absolute Gasteiger partial charge is 0.237 e. The maximum atomic E-state index is 12.5. The average molecular weight is 338 g/mol. The fourth-order valence-electron chi connectivity index (χ4n) is 3.70. The minimum atomic E-state index is -0.0741. The Bertz CT molecular complexity index is 779. The molecule has 2 fully saturated rings. The zero-order valence-electron chi connectivity index (χ0n) is 15.0. The van der Waals surface area contributed by atoms with Gasteiger partial charge in [0, 0.05) is 12.1 Å². The second kappa shape index (κ2) is 6.43. The van der Waals surface area contributed by atoms with Crippen LogP contribution in [0.25, 0.3) is 10.8 Å². The van der Waals surface area contributed by atoms with Crippen molar-refractivity contribution in [3.8, 4) is 0 Å². The third-order valence-corrected chi connectivity index (χ3v) is 5.59. The molecular weight excluding hydrogens is 312 g/mol. The van der Waals surface area contributed by atoms with E-state index in [0.717, 1.165) is 25.8 Å². The van der Waals surface area contributed by atoms with Crippen LogP contribution in [0, 0.1) is 0 Å². The Balaban J connectivity index is 1.38. The molecule has 1 aliphatic heterocycles. The molecule has 4 nitrogen and oxygen atoms in total. The number of rotatable bonds is 5. The maximum Gasteiger partial charge on any atom is 0.237 e. The largest absolute Gasteiger partial charge is 0.372 e. The fraction of sp³-hybridized carbons (Fsp3) is 0.476. The molecule has 0 radical (unpaired) electrons. The molecule has 2 aliphatic rings. The standard InChI is InChI=1S/C21H26N2O2/c1-21(10-11-21)22-20(24)19-12-17(13-23(19)2)25-14-16-8-5-7-15-6-3-4-9-18(15)16/h3-9,17,19H,10-14H2,1-2H3,(H,22,24). The molecule has 2 atom stereocenters. The molecule has 4 rings (SSSR count). The number of fused-ring (bicyclic) bond motifs is 1. The first-order valence-electron chi connectivity index (χ1n) is 9.15. The van der Waals surface area contributed by atoms with Crippen molar-refractivity contribution in [2.45, 2.75) is 50.5 Å². The first-order valence-corrected chi connectivity index (χ1v) is 9.15. The van der Waals surface area contributed by atoms with E-state index in [9.17, 15) is 4.79 Å². The maximum absolute atomic E-state index is 12.5. The van der Waals surface area contributed by atoms with Crippen LogP contribution in [0.3, 0.4) is 0 Å². The van der Waals surface area contributed by atoms with Crippen LogP contribution in [0.2, 0.25) is 0 Å². The van der Waals surface area contributed by atoms with Gasteiger partial charge in [0.1, 0.15) is 0 Å². The van der Waals surface area contributed by atoms with Gasteiger partial charge in [0.15, 0.2) is 0 Å². The second-order valence-corrected chi connectivity index (χ2v) is 7.81. The van der Waals surface area contributed by atoms with Gasteiger partial charge in [-0.3, -0.25) is 9.69 Å². The van der Waals surface area contributed by atoms with Crippen molar-refractivity contribution >= 4 is 16.7 Å². The molecule has 1 saturated heterocycles. The van der Waals surface area contributed by atoms with E-state index < -0.39 is 0 Å². The summed E-state index contributed by atoms with van der Waals surface area (Å²) in [5.41, 5.74) is 1.25. The van der Waals surface area contributed by atoms with Gasteiger partial charge in [0.25, 0.3) is 0 Å². The highest BCUT2D eigenvalue weighted by atomic mass is 16.5. The molecule has 2 aromatic rings. The van der Waals surface area contributed by atoms with Gasteiger partial charge in [-0.1, -0.05) is 42.5 Å². The van der Waals surface area contributed by atoms with Crippen molar-refractivity contribution in [3.05, 3.63) is 48.0 Å². The summed E-state index contributed by atoms with van der Waals surface area (Å²) in [5, 5.41) is 5.67. The van der Waals surface area contributed by atoms with Gasteiger partial charge in [-0.05, 0) is 49.6 Å². The van der Waals surface area contributed by atoms with Crippen LogP contribution < -0.4 is 5.32 Å². The van der Waals surface area contributed by atoms with E-state index >= 15 is 0 Å². The van der Waals surface area contributed by atoms with Crippen LogP contribution in [-0.4, -0.2) is 42.1 Å². The third kappa shape index (κ3) is 3.55. The molecule has 2 unspecified atom stereocenters. The lowest BCUT2D eigenvalue weighted by Crippen LogP contribution is -2.45. The SMILES string of the molecule is CN1CC(OCc2cccc3ccccc23)CC1C(=O)NC1(C)CC1. The number of likely N-dealkylation sites (tertiary alicyclic amines) is 1. The number of nitrogens with one attached hydrogen (secondary N) is 1. The lowest BCUT2D eigenvalue weighted by molar-refractivity contribution is -0.126. The van der Waals surface area contributed by atoms with Gasteiger partial charge in [0.05, 0.1) is 18.8 Å². The Morgan fingerprint density at radius 1 is 1.24 bits per heavy atom. The number of carbonyl (C=O) groups excluding carboxylic acids is 1. The number of likely N-dealkylation sites (N-methyl/N-ethyl adjacent to an activating group) is 1. The van der Waals surface area contributed by atoms with Crippen molar-refractivity contribution in [2.75, 3.05) is 13.6 Å². The van der Waals surface area contributed by atoms with Crippen molar-refractivity contribution in [3.63, 3.8) is 0 Å². The van der Waals surface area contributed by atoms with Gasteiger partial charge < -0.3 is 10.1 Å². The molecule has 4 heteroatoms. The lowest BCUT2D eigenvalue weighted by atomic mass is 10.1. The van der Waals surface area contributed by atoms with Crippen molar-refractivity contribution < 1.29 is 9.53 Å². The molecule has 0 spiro atoms. The van der Waals surface area contributed by atoms with Crippen LogP contribution in [-0.2, 0) is 16.1 Å². The van der Waals surface area contributed by atoms with Crippen molar-refractivity contribution in [2.24, 2.45) is 0 Å². The van der Waals surface area contributed by atoms with Crippen molar-refractivity contribution in [1.82, 2.24) is 10.2 Å². The average Bonchev–Trinajstić information content (AvgIpc) is 3.20. The van der Waals surface area contributed by atoms with Crippen LogP contribution in [0.4, 0.5) is 0 Å². The van der Waals surface area contributed by atoms with E-state index in [1.165, 1.54) is 16.3 Å². The minimum absolute atomic E-state index is 0.0415. The van der Waals surface area contributed by atoms with Gasteiger partial charge in [-0.2, -0.15) is 0 Å². The Labute approximate surface area is 149 Å². The van der Waals surface area contributed by atoms with E-state index in [1.54, 1.807) is 0 Å². The molecule has 132 valence electrons. The highest BCUT2D eigenvalue weighted by molar-refractivity contribution is 5.85. The van der Waals surface area contributed by atoms with E-state index in [4.69, 9.17) is 4.74 Å². The quantitative estimate of drug-likeness (QED) is 0.911. The number of ether oxygens (including phenoxy) is 1. The topological polar surface area (TPSA) is 41.6 Å². The summed E-state index contributed by atoms with van der Waals surface area (Å²) in [7, 11) is 2.01. The summed E-state index contributed by atoms with van der Waals surface area (Å²) >= 11 is 0. The normalized spacial score (nSPS) is 25.2. The predicted octanol–water partition coefficient (Wildman–Crippen LogP) is 3.10. The summed E-state index contributed by atoms with van der Waals surface area (Å²) in [6.07, 6.45) is 3.06. The van der Waals surface area contributed by atoms with Crippen LogP contribution >= 0.6 is 0 Å². The first kappa shape index (κ1) is 16.6. The van der Waals surface area contributed by atoms with E-state index in [1.807, 2.05) is 7.05 Å². The molecular formula is C21H26N2O2. The number of amides is 1. The minimum Gasteiger partial charge on any atom is -0.372 e. The Hall–Kier alpha value is -1.91. The number of carbonyl (C=O) groups is 1. The third-order valence-electron chi connectivity index (χ3n) is 5.59. The highest BCUT2D eigenvalue weighted by Crippen LogP contribution is 2.35. The van der Waals surface area contributed by atoms with Crippen LogP contribution in [0.5, 0.6) is 0 Å². The predicted molar refractivity (Wildman–Crippen MR) is 99.3 cm³/mol. The van der Waals surface area contributed by atoms with Crippen LogP contribution in [0.15, 0.2) is 42.5 Å². The molecule has 1 amide bonds. The summed E-state index contributed by atoms with van der Waals surface area (Å²) in [6.45, 7) is 3.51. The molecule has 1 heterocycles. The Morgan fingerprint density at radius 3 is 2.80 bits per heavy atom. The van der Waals surface area contributed by atoms with Gasteiger partial charge in [0.2, 0.25) is 5.91 Å². The van der Waals surface area contributed by atoms with E-state index in [2.05, 4.69) is 59.6 Å². The molecule has 0 aromatic heterocycles. The monoisotopic (exact) mass is 338 g/mol. The lowest BCUT2D eigenvalue weighted by Gasteiger charge is -2.20. The number of benzene rings is 2. The molecule has 2 aromatic carbocycles. The molecule has 1 saturated carbocycles. The molecule has 25 heavy (non-hydrogen) atoms. The Kier molecular flexibility index (Phi) is 4.26. The zero-order valence-corrected chi connectivity index (χ0v) is 15.0. The van der Waals surface area contributed by atoms with Crippen LogP contribution in [0.1, 0.15) is 31.7 Å². The van der Waals surface area contributed by atoms with Gasteiger partial charge in [-0.15, -0.1) is 0 Å². The molecule has 0 bridgehead atoms. The molecule has 1 N–H and O–H groups in total. The summed E-state index contributed by atoms with van der Waals surface area (Å²) in [5.74, 6) is 0.152. The van der Waals surface area contributed by atoms with Gasteiger partial charge >= 0.3 is 0 Å². The molecule has 1 aliphatic carbocycles.